The van der Waals surface area contributed by atoms with Crippen molar-refractivity contribution in [1.82, 2.24) is 4.98 Å². The molecule has 0 saturated heterocycles. The Balaban J connectivity index is 1.45. The third-order valence-electron chi connectivity index (χ3n) is 5.96. The van der Waals surface area contributed by atoms with Crippen LogP contribution in [0.5, 0.6) is 0 Å². The summed E-state index contributed by atoms with van der Waals surface area (Å²) in [5.74, 6) is 0. The number of fused-ring (bicyclic) bond motifs is 3. The Morgan fingerprint density at radius 1 is 0.594 bits per heavy atom. The van der Waals surface area contributed by atoms with Gasteiger partial charge in [0.25, 0.3) is 0 Å². The summed E-state index contributed by atoms with van der Waals surface area (Å²) in [6, 6.07) is 39.0. The second-order valence-corrected chi connectivity index (χ2v) is 9.13. The molecule has 0 unspecified atom stereocenters. The second-order valence-electron chi connectivity index (χ2n) is 8.07. The molecule has 0 fully saturated rings. The Bertz CT molecular complexity index is 1530. The summed E-state index contributed by atoms with van der Waals surface area (Å²) in [4.78, 5) is 4.74. The van der Waals surface area contributed by atoms with Gasteiger partial charge in [-0.2, -0.15) is 0 Å². The fourth-order valence-corrected chi connectivity index (χ4v) is 5.58. The van der Waals surface area contributed by atoms with Gasteiger partial charge in [-0.05, 0) is 52.9 Å². The van der Waals surface area contributed by atoms with Gasteiger partial charge in [0.2, 0.25) is 0 Å². The molecule has 2 heteroatoms. The molecule has 2 heterocycles. The van der Waals surface area contributed by atoms with E-state index in [1.165, 1.54) is 48.0 Å². The van der Waals surface area contributed by atoms with Gasteiger partial charge in [-0.1, -0.05) is 84.9 Å². The molecular formula is C30H21NS. The van der Waals surface area contributed by atoms with E-state index in [4.69, 9.17) is 4.98 Å². The number of nitrogens with zero attached hydrogens (tertiary/aromatic N) is 1. The van der Waals surface area contributed by atoms with Crippen LogP contribution in [0.4, 0.5) is 0 Å². The van der Waals surface area contributed by atoms with Gasteiger partial charge in [0.05, 0.1) is 5.69 Å². The zero-order valence-electron chi connectivity index (χ0n) is 17.5. The number of rotatable bonds is 4. The summed E-state index contributed by atoms with van der Waals surface area (Å²) in [6.07, 6.45) is 2.85. The lowest BCUT2D eigenvalue weighted by Crippen LogP contribution is -1.91. The van der Waals surface area contributed by atoms with Crippen LogP contribution >= 0.6 is 11.3 Å². The molecule has 152 valence electrons. The fourth-order valence-electron chi connectivity index (χ4n) is 4.37. The summed E-state index contributed by atoms with van der Waals surface area (Å²) in [7, 11) is 0. The molecule has 4 aromatic carbocycles. The van der Waals surface area contributed by atoms with Crippen LogP contribution in [0, 0.1) is 0 Å². The number of hydrogen-bond donors (Lipinski definition) is 0. The summed E-state index contributed by atoms with van der Waals surface area (Å²) in [5.41, 5.74) is 7.36. The molecule has 0 aliphatic heterocycles. The van der Waals surface area contributed by atoms with Gasteiger partial charge in [0.1, 0.15) is 0 Å². The summed E-state index contributed by atoms with van der Waals surface area (Å²) in [6.45, 7) is 0. The first kappa shape index (κ1) is 19.0. The predicted molar refractivity (Wildman–Crippen MR) is 137 cm³/mol. The van der Waals surface area contributed by atoms with Gasteiger partial charge in [-0.15, -0.1) is 11.3 Å². The number of pyridine rings is 1. The second kappa shape index (κ2) is 8.07. The molecule has 2 aromatic heterocycles. The van der Waals surface area contributed by atoms with Gasteiger partial charge in [-0.3, -0.25) is 4.98 Å². The van der Waals surface area contributed by atoms with Crippen LogP contribution in [-0.2, 0) is 6.42 Å². The largest absolute Gasteiger partial charge is 0.256 e. The van der Waals surface area contributed by atoms with Crippen molar-refractivity contribution in [1.29, 1.82) is 0 Å². The molecule has 0 spiro atoms. The highest BCUT2D eigenvalue weighted by atomic mass is 32.1. The molecule has 0 aliphatic carbocycles. The zero-order chi connectivity index (χ0) is 21.3. The molecule has 0 bridgehead atoms. The highest BCUT2D eigenvalue weighted by Crippen LogP contribution is 2.41. The minimum Gasteiger partial charge on any atom is -0.256 e. The number of hydrogen-bond acceptors (Lipinski definition) is 2. The lowest BCUT2D eigenvalue weighted by molar-refractivity contribution is 1.17. The highest BCUT2D eigenvalue weighted by molar-refractivity contribution is 7.26. The van der Waals surface area contributed by atoms with E-state index in [1.807, 2.05) is 17.5 Å². The lowest BCUT2D eigenvalue weighted by atomic mass is 10.0. The molecule has 0 aliphatic rings. The van der Waals surface area contributed by atoms with Crippen molar-refractivity contribution in [2.45, 2.75) is 6.42 Å². The van der Waals surface area contributed by atoms with Crippen LogP contribution < -0.4 is 0 Å². The quantitative estimate of drug-likeness (QED) is 0.275. The monoisotopic (exact) mass is 427 g/mol. The standard InChI is InChI=1S/C30H21NS/c1-3-8-21(9-4-1)18-22-16-17-31-28(19-22)26-13-7-12-25-27-20-24(23-10-5-2-6-11-23)14-15-29(27)32-30(25)26/h1-17,19-20H,18H2. The van der Waals surface area contributed by atoms with Crippen molar-refractivity contribution < 1.29 is 0 Å². The lowest BCUT2D eigenvalue weighted by Gasteiger charge is -2.06. The number of thiophene rings is 1. The van der Waals surface area contributed by atoms with Gasteiger partial charge < -0.3 is 0 Å². The van der Waals surface area contributed by atoms with Crippen molar-refractivity contribution >= 4 is 31.5 Å². The van der Waals surface area contributed by atoms with Gasteiger partial charge >= 0.3 is 0 Å². The van der Waals surface area contributed by atoms with Gasteiger partial charge in [0.15, 0.2) is 0 Å². The maximum absolute atomic E-state index is 4.74. The molecule has 32 heavy (non-hydrogen) atoms. The fraction of sp³-hybridized carbons (Fsp3) is 0.0333. The average Bonchev–Trinajstić information content (AvgIpc) is 3.23. The van der Waals surface area contributed by atoms with Gasteiger partial charge in [0, 0.05) is 31.9 Å². The third kappa shape index (κ3) is 3.49. The van der Waals surface area contributed by atoms with E-state index < -0.39 is 0 Å². The first-order valence-corrected chi connectivity index (χ1v) is 11.7. The Labute approximate surface area is 191 Å². The maximum atomic E-state index is 4.74. The predicted octanol–water partition coefficient (Wildman–Crippen LogP) is 8.37. The first-order chi connectivity index (χ1) is 15.8. The maximum Gasteiger partial charge on any atom is 0.0719 e. The van der Waals surface area contributed by atoms with E-state index in [0.29, 0.717) is 0 Å². The van der Waals surface area contributed by atoms with Crippen molar-refractivity contribution in [3.05, 3.63) is 127 Å². The van der Waals surface area contributed by atoms with Crippen LogP contribution in [0.25, 0.3) is 42.6 Å². The SMILES string of the molecule is c1ccc(Cc2ccnc(-c3cccc4c3sc3ccc(-c5ccccc5)cc34)c2)cc1. The molecule has 0 amide bonds. The smallest absolute Gasteiger partial charge is 0.0719 e. The Morgan fingerprint density at radius 2 is 1.41 bits per heavy atom. The van der Waals surface area contributed by atoms with E-state index in [9.17, 15) is 0 Å². The van der Waals surface area contributed by atoms with E-state index in [0.717, 1.165) is 12.1 Å². The molecule has 0 atom stereocenters. The number of benzene rings is 4. The van der Waals surface area contributed by atoms with E-state index in [-0.39, 0.29) is 0 Å². The van der Waals surface area contributed by atoms with Crippen LogP contribution in [0.2, 0.25) is 0 Å². The summed E-state index contributed by atoms with van der Waals surface area (Å²) in [5, 5.41) is 2.61. The normalized spacial score (nSPS) is 11.2. The number of aromatic nitrogens is 1. The minimum absolute atomic E-state index is 0.916. The molecule has 0 N–H and O–H groups in total. The Hall–Kier alpha value is -3.75. The van der Waals surface area contributed by atoms with Crippen molar-refractivity contribution in [2.75, 3.05) is 0 Å². The summed E-state index contributed by atoms with van der Waals surface area (Å²) < 4.78 is 2.62. The van der Waals surface area contributed by atoms with Crippen LogP contribution in [-0.4, -0.2) is 4.98 Å². The van der Waals surface area contributed by atoms with E-state index >= 15 is 0 Å². The zero-order valence-corrected chi connectivity index (χ0v) is 18.3. The van der Waals surface area contributed by atoms with Crippen molar-refractivity contribution in [3.63, 3.8) is 0 Å². The topological polar surface area (TPSA) is 12.9 Å². The Morgan fingerprint density at radius 3 is 2.25 bits per heavy atom. The molecular weight excluding hydrogens is 406 g/mol. The van der Waals surface area contributed by atoms with E-state index in [2.05, 4.69) is 109 Å². The third-order valence-corrected chi connectivity index (χ3v) is 7.18. The molecule has 0 saturated carbocycles. The molecule has 6 aromatic rings. The molecule has 1 nitrogen and oxygen atoms in total. The van der Waals surface area contributed by atoms with Crippen molar-refractivity contribution in [3.8, 4) is 22.4 Å². The van der Waals surface area contributed by atoms with Crippen LogP contribution in [0.1, 0.15) is 11.1 Å². The first-order valence-electron chi connectivity index (χ1n) is 10.8. The highest BCUT2D eigenvalue weighted by Gasteiger charge is 2.12. The minimum atomic E-state index is 0.916. The van der Waals surface area contributed by atoms with Gasteiger partial charge in [-0.25, -0.2) is 0 Å². The Kier molecular flexibility index (Phi) is 4.78. The summed E-state index contributed by atoms with van der Waals surface area (Å²) >= 11 is 1.86. The van der Waals surface area contributed by atoms with E-state index in [1.54, 1.807) is 0 Å². The van der Waals surface area contributed by atoms with Crippen molar-refractivity contribution in [2.24, 2.45) is 0 Å². The van der Waals surface area contributed by atoms with Crippen LogP contribution in [0.3, 0.4) is 0 Å². The average molecular weight is 428 g/mol. The molecule has 0 radical (unpaired) electrons. The van der Waals surface area contributed by atoms with Crippen LogP contribution in [0.15, 0.2) is 115 Å². The molecule has 6 rings (SSSR count).